The number of hydrogen-bond donors (Lipinski definition) is 2. The molecule has 0 amide bonds. The molecule has 1 aromatic carbocycles. The van der Waals surface area contributed by atoms with Crippen LogP contribution in [0.5, 0.6) is 5.75 Å². The minimum absolute atomic E-state index is 0.0799. The molecule has 0 spiro atoms. The first-order valence-electron chi connectivity index (χ1n) is 6.52. The number of nitrogens with zero attached hydrogens (tertiary/aromatic N) is 2. The van der Waals surface area contributed by atoms with E-state index in [0.29, 0.717) is 23.8 Å². The van der Waals surface area contributed by atoms with Crippen LogP contribution in [-0.4, -0.2) is 33.1 Å². The van der Waals surface area contributed by atoms with Crippen molar-refractivity contribution >= 4 is 5.97 Å². The summed E-state index contributed by atoms with van der Waals surface area (Å²) >= 11 is 0. The van der Waals surface area contributed by atoms with E-state index in [-0.39, 0.29) is 5.69 Å². The average Bonchev–Trinajstić information content (AvgIpc) is 3.09. The number of hydrogen-bond acceptors (Lipinski definition) is 4. The third-order valence-corrected chi connectivity index (χ3v) is 3.26. The Labute approximate surface area is 115 Å². The van der Waals surface area contributed by atoms with Crippen LogP contribution in [-0.2, 0) is 0 Å². The van der Waals surface area contributed by atoms with Gasteiger partial charge in [-0.25, -0.2) is 4.79 Å². The summed E-state index contributed by atoms with van der Waals surface area (Å²) in [6.07, 6.45) is 2.45. The van der Waals surface area contributed by atoms with Crippen LogP contribution >= 0.6 is 0 Å². The Hall–Kier alpha value is -2.37. The molecular formula is C14H15N3O3. The molecule has 0 bridgehead atoms. The van der Waals surface area contributed by atoms with E-state index in [1.54, 1.807) is 6.07 Å². The molecule has 3 rings (SSSR count). The van der Waals surface area contributed by atoms with Gasteiger partial charge in [-0.2, -0.15) is 10.3 Å². The Kier molecular flexibility index (Phi) is 3.14. The maximum atomic E-state index is 11.1. The zero-order valence-corrected chi connectivity index (χ0v) is 11.1. The standard InChI is InChI=1S/C14H15N3O3/c1-8-4-10(12-13(14(18)19)16-17-15-12)6-11(5-8)20-7-9-2-3-9/h4-6,9H,2-3,7H2,1H3,(H,18,19)(H,15,16,17). The fourth-order valence-corrected chi connectivity index (χ4v) is 2.05. The quantitative estimate of drug-likeness (QED) is 0.872. The molecule has 1 aliphatic rings. The van der Waals surface area contributed by atoms with Gasteiger partial charge in [0, 0.05) is 5.56 Å². The van der Waals surface area contributed by atoms with Crippen molar-refractivity contribution in [2.45, 2.75) is 19.8 Å². The van der Waals surface area contributed by atoms with Gasteiger partial charge in [-0.3, -0.25) is 0 Å². The van der Waals surface area contributed by atoms with Crippen molar-refractivity contribution in [3.8, 4) is 17.0 Å². The van der Waals surface area contributed by atoms with Gasteiger partial charge in [-0.05, 0) is 49.4 Å². The molecule has 0 saturated heterocycles. The predicted octanol–water partition coefficient (Wildman–Crippen LogP) is 2.27. The van der Waals surface area contributed by atoms with E-state index in [2.05, 4.69) is 15.4 Å². The number of carboxylic acids is 1. The lowest BCUT2D eigenvalue weighted by atomic mass is 10.1. The molecule has 0 atom stereocenters. The van der Waals surface area contributed by atoms with E-state index in [4.69, 9.17) is 9.84 Å². The van der Waals surface area contributed by atoms with Crippen molar-refractivity contribution in [2.75, 3.05) is 6.61 Å². The van der Waals surface area contributed by atoms with Crippen molar-refractivity contribution < 1.29 is 14.6 Å². The van der Waals surface area contributed by atoms with Crippen LogP contribution in [0.1, 0.15) is 28.9 Å². The summed E-state index contributed by atoms with van der Waals surface area (Å²) in [5.74, 6) is 0.308. The molecule has 0 aliphatic heterocycles. The number of aromatic carboxylic acids is 1. The smallest absolute Gasteiger partial charge is 0.358 e. The lowest BCUT2D eigenvalue weighted by Crippen LogP contribution is -2.01. The second kappa shape index (κ2) is 4.96. The fourth-order valence-electron chi connectivity index (χ4n) is 2.05. The molecule has 2 aromatic rings. The zero-order chi connectivity index (χ0) is 14.1. The number of nitrogens with one attached hydrogen (secondary N) is 1. The van der Waals surface area contributed by atoms with Gasteiger partial charge < -0.3 is 9.84 Å². The third-order valence-electron chi connectivity index (χ3n) is 3.26. The van der Waals surface area contributed by atoms with Gasteiger partial charge in [-0.1, -0.05) is 0 Å². The number of aromatic nitrogens is 3. The summed E-state index contributed by atoms with van der Waals surface area (Å²) in [5, 5.41) is 19.0. The predicted molar refractivity (Wildman–Crippen MR) is 71.7 cm³/mol. The Morgan fingerprint density at radius 3 is 2.90 bits per heavy atom. The summed E-state index contributed by atoms with van der Waals surface area (Å²) in [6.45, 7) is 2.65. The van der Waals surface area contributed by atoms with Crippen molar-refractivity contribution in [2.24, 2.45) is 5.92 Å². The van der Waals surface area contributed by atoms with Gasteiger partial charge in [0.25, 0.3) is 0 Å². The topological polar surface area (TPSA) is 88.1 Å². The number of ether oxygens (including phenoxy) is 1. The molecule has 0 unspecified atom stereocenters. The molecule has 1 saturated carbocycles. The zero-order valence-electron chi connectivity index (χ0n) is 11.1. The molecule has 1 aromatic heterocycles. The van der Waals surface area contributed by atoms with E-state index in [0.717, 1.165) is 11.3 Å². The minimum Gasteiger partial charge on any atom is -0.493 e. The fraction of sp³-hybridized carbons (Fsp3) is 0.357. The van der Waals surface area contributed by atoms with Crippen molar-refractivity contribution in [3.05, 3.63) is 29.5 Å². The summed E-state index contributed by atoms with van der Waals surface area (Å²) in [4.78, 5) is 11.1. The molecular weight excluding hydrogens is 258 g/mol. The highest BCUT2D eigenvalue weighted by Gasteiger charge is 2.22. The molecule has 20 heavy (non-hydrogen) atoms. The second-order valence-electron chi connectivity index (χ2n) is 5.12. The number of benzene rings is 1. The molecule has 1 heterocycles. The summed E-state index contributed by atoms with van der Waals surface area (Å²) < 4.78 is 5.74. The minimum atomic E-state index is -1.10. The third kappa shape index (κ3) is 2.64. The van der Waals surface area contributed by atoms with Crippen LogP contribution in [0.25, 0.3) is 11.3 Å². The van der Waals surface area contributed by atoms with Gasteiger partial charge in [0.05, 0.1) is 6.61 Å². The number of carbonyl (C=O) groups is 1. The second-order valence-corrected chi connectivity index (χ2v) is 5.12. The number of aromatic amines is 1. The van der Waals surface area contributed by atoms with Gasteiger partial charge in [-0.15, -0.1) is 5.10 Å². The SMILES string of the molecule is Cc1cc(OCC2CC2)cc(-c2n[nH]nc2C(=O)O)c1. The lowest BCUT2D eigenvalue weighted by molar-refractivity contribution is 0.0691. The molecule has 1 aliphatic carbocycles. The largest absolute Gasteiger partial charge is 0.493 e. The van der Waals surface area contributed by atoms with Crippen molar-refractivity contribution in [1.29, 1.82) is 0 Å². The van der Waals surface area contributed by atoms with E-state index in [1.165, 1.54) is 12.8 Å². The first-order valence-corrected chi connectivity index (χ1v) is 6.52. The summed E-state index contributed by atoms with van der Waals surface area (Å²) in [6, 6.07) is 5.61. The molecule has 0 radical (unpaired) electrons. The van der Waals surface area contributed by atoms with E-state index >= 15 is 0 Å². The highest BCUT2D eigenvalue weighted by molar-refractivity contribution is 5.92. The van der Waals surface area contributed by atoms with Crippen LogP contribution in [0.4, 0.5) is 0 Å². The Morgan fingerprint density at radius 2 is 2.20 bits per heavy atom. The van der Waals surface area contributed by atoms with E-state index < -0.39 is 5.97 Å². The molecule has 6 heteroatoms. The molecule has 104 valence electrons. The van der Waals surface area contributed by atoms with Gasteiger partial charge in [0.15, 0.2) is 5.69 Å². The first kappa shape index (κ1) is 12.7. The van der Waals surface area contributed by atoms with E-state index in [9.17, 15) is 4.79 Å². The Bertz CT molecular complexity index is 647. The summed E-state index contributed by atoms with van der Waals surface area (Å²) in [5.41, 5.74) is 1.94. The monoisotopic (exact) mass is 273 g/mol. The van der Waals surface area contributed by atoms with Crippen LogP contribution in [0.15, 0.2) is 18.2 Å². The van der Waals surface area contributed by atoms with Crippen LogP contribution in [0.3, 0.4) is 0 Å². The molecule has 1 fully saturated rings. The van der Waals surface area contributed by atoms with Crippen LogP contribution < -0.4 is 4.74 Å². The van der Waals surface area contributed by atoms with Gasteiger partial charge in [0.2, 0.25) is 0 Å². The highest BCUT2D eigenvalue weighted by atomic mass is 16.5. The van der Waals surface area contributed by atoms with Gasteiger partial charge >= 0.3 is 5.97 Å². The maximum absolute atomic E-state index is 11.1. The first-order chi connectivity index (χ1) is 9.63. The summed E-state index contributed by atoms with van der Waals surface area (Å²) in [7, 11) is 0. The normalized spacial score (nSPS) is 14.2. The maximum Gasteiger partial charge on any atom is 0.358 e. The average molecular weight is 273 g/mol. The Balaban J connectivity index is 1.91. The number of carboxylic acid groups (broad SMARTS) is 1. The van der Waals surface area contributed by atoms with Crippen molar-refractivity contribution in [3.63, 3.8) is 0 Å². The van der Waals surface area contributed by atoms with Crippen LogP contribution in [0.2, 0.25) is 0 Å². The van der Waals surface area contributed by atoms with Crippen molar-refractivity contribution in [1.82, 2.24) is 15.4 Å². The van der Waals surface area contributed by atoms with Gasteiger partial charge in [0.1, 0.15) is 11.4 Å². The van der Waals surface area contributed by atoms with E-state index in [1.807, 2.05) is 19.1 Å². The highest BCUT2D eigenvalue weighted by Crippen LogP contribution is 2.31. The lowest BCUT2D eigenvalue weighted by Gasteiger charge is -2.08. The number of aryl methyl sites for hydroxylation is 1. The molecule has 2 N–H and O–H groups in total. The number of H-pyrrole nitrogens is 1. The Morgan fingerprint density at radius 1 is 1.40 bits per heavy atom. The molecule has 6 nitrogen and oxygen atoms in total. The number of rotatable bonds is 5. The van der Waals surface area contributed by atoms with Crippen LogP contribution in [0, 0.1) is 12.8 Å².